The van der Waals surface area contributed by atoms with E-state index in [1.807, 2.05) is 30.4 Å². The molecule has 1 saturated heterocycles. The molecule has 2 N–H and O–H groups in total. The third-order valence-electron chi connectivity index (χ3n) is 7.53. The van der Waals surface area contributed by atoms with Gasteiger partial charge in [-0.1, -0.05) is 31.5 Å². The summed E-state index contributed by atoms with van der Waals surface area (Å²) in [6, 6.07) is 4.41. The van der Waals surface area contributed by atoms with E-state index in [0.29, 0.717) is 0 Å². The number of aryl methyl sites for hydroxylation is 3. The second kappa shape index (κ2) is 8.66. The van der Waals surface area contributed by atoms with E-state index in [1.165, 1.54) is 16.7 Å². The molecule has 5 aliphatic heterocycles. The number of allylic oxidation sites excluding steroid dienone is 13. The van der Waals surface area contributed by atoms with E-state index in [0.717, 1.165) is 68.8 Å². The van der Waals surface area contributed by atoms with Crippen molar-refractivity contribution in [3.8, 4) is 0 Å². The minimum absolute atomic E-state index is 0.0780. The fraction of sp³-hybridized carbons (Fsp3) is 0.242. The maximum absolute atomic E-state index is 10.7. The quantitative estimate of drug-likeness (QED) is 0.400. The number of benzene rings is 1. The van der Waals surface area contributed by atoms with Gasteiger partial charge in [0.05, 0.1) is 40.0 Å². The zero-order chi connectivity index (χ0) is 26.8. The van der Waals surface area contributed by atoms with Gasteiger partial charge in [-0.3, -0.25) is 0 Å². The zero-order valence-corrected chi connectivity index (χ0v) is 22.8. The molecule has 1 aromatic rings. The Balaban J connectivity index is 1.64. The lowest BCUT2D eigenvalue weighted by Crippen LogP contribution is -2.14. The number of nitrogens with zero attached hydrogens (tertiary/aromatic N) is 3. The largest absolute Gasteiger partial charge is 0.512 e. The summed E-state index contributed by atoms with van der Waals surface area (Å²) in [4.78, 5) is 15.0. The minimum atomic E-state index is -0.0780. The van der Waals surface area contributed by atoms with E-state index in [4.69, 9.17) is 15.0 Å². The van der Waals surface area contributed by atoms with Crippen molar-refractivity contribution >= 4 is 22.7 Å². The molecule has 190 valence electrons. The van der Waals surface area contributed by atoms with Gasteiger partial charge in [0.1, 0.15) is 0 Å². The zero-order valence-electron chi connectivity index (χ0n) is 22.8. The van der Waals surface area contributed by atoms with Gasteiger partial charge in [-0.05, 0) is 99.4 Å². The summed E-state index contributed by atoms with van der Waals surface area (Å²) in [5, 5.41) is 14.3. The van der Waals surface area contributed by atoms with Crippen LogP contribution in [0.2, 0.25) is 0 Å². The molecule has 8 bridgehead atoms. The molecule has 0 unspecified atom stereocenters. The number of aliphatic hydroxyl groups excluding tert-OH is 1. The van der Waals surface area contributed by atoms with E-state index in [9.17, 15) is 5.11 Å². The summed E-state index contributed by atoms with van der Waals surface area (Å²) < 4.78 is 0. The molecule has 6 rings (SSSR count). The minimum Gasteiger partial charge on any atom is -0.512 e. The number of fused-ring (bicyclic) bond motifs is 5. The van der Waals surface area contributed by atoms with Crippen LogP contribution in [-0.4, -0.2) is 22.2 Å². The lowest BCUT2D eigenvalue weighted by Gasteiger charge is -2.17. The second-order valence-corrected chi connectivity index (χ2v) is 11.3. The van der Waals surface area contributed by atoms with Gasteiger partial charge in [0.15, 0.2) is 0 Å². The van der Waals surface area contributed by atoms with Crippen LogP contribution in [-0.2, 0) is 0 Å². The van der Waals surface area contributed by atoms with Gasteiger partial charge >= 0.3 is 0 Å². The summed E-state index contributed by atoms with van der Waals surface area (Å²) in [6.45, 7) is 12.6. The molecule has 0 saturated carbocycles. The first-order valence-electron chi connectivity index (χ1n) is 13.1. The average Bonchev–Trinajstić information content (AvgIpc) is 3.59. The van der Waals surface area contributed by atoms with Crippen LogP contribution in [0.25, 0.3) is 5.57 Å². The van der Waals surface area contributed by atoms with Crippen LogP contribution >= 0.6 is 0 Å². The number of nitrogens with one attached hydrogen (secondary N) is 1. The first-order valence-corrected chi connectivity index (χ1v) is 13.1. The van der Waals surface area contributed by atoms with Gasteiger partial charge in [-0.15, -0.1) is 0 Å². The molecule has 1 fully saturated rings. The molecule has 5 nitrogen and oxygen atoms in total. The Kier molecular flexibility index (Phi) is 5.49. The average molecular weight is 501 g/mol. The van der Waals surface area contributed by atoms with E-state index < -0.39 is 0 Å². The molecule has 0 amide bonds. The SMILES string of the molecule is CC(O)=C1C=C2N=C1C=C1CC(C)(C)C(=CC3=NC(=CC4=NC(=C2c2c(C)cc(C)cc2C)C=C4)C=C3)N1. The molecule has 5 heterocycles. The van der Waals surface area contributed by atoms with E-state index in [-0.39, 0.29) is 11.2 Å². The smallest absolute Gasteiger partial charge is 0.0986 e. The Morgan fingerprint density at radius 2 is 1.58 bits per heavy atom. The third kappa shape index (κ3) is 4.18. The maximum atomic E-state index is 10.7. The van der Waals surface area contributed by atoms with Gasteiger partial charge in [0.25, 0.3) is 0 Å². The molecule has 0 radical (unpaired) electrons. The van der Waals surface area contributed by atoms with Crippen molar-refractivity contribution in [2.24, 2.45) is 20.4 Å². The predicted molar refractivity (Wildman–Crippen MR) is 157 cm³/mol. The number of aliphatic hydroxyl groups is 1. The van der Waals surface area contributed by atoms with Crippen LogP contribution in [0.1, 0.15) is 49.4 Å². The molecule has 0 aliphatic carbocycles. The normalized spacial score (nSPS) is 22.4. The second-order valence-electron chi connectivity index (χ2n) is 11.3. The number of hydrogen-bond donors (Lipinski definition) is 2. The van der Waals surface area contributed by atoms with Crippen LogP contribution < -0.4 is 5.32 Å². The molecule has 0 spiro atoms. The van der Waals surface area contributed by atoms with Crippen LogP contribution in [0.15, 0.2) is 116 Å². The fourth-order valence-corrected chi connectivity index (χ4v) is 5.82. The highest BCUT2D eigenvalue weighted by molar-refractivity contribution is 6.16. The van der Waals surface area contributed by atoms with E-state index in [2.05, 4.69) is 70.3 Å². The van der Waals surface area contributed by atoms with Crippen LogP contribution in [0.4, 0.5) is 0 Å². The molecule has 38 heavy (non-hydrogen) atoms. The lowest BCUT2D eigenvalue weighted by atomic mass is 9.87. The van der Waals surface area contributed by atoms with Crippen molar-refractivity contribution in [2.45, 2.75) is 48.0 Å². The highest BCUT2D eigenvalue weighted by atomic mass is 16.3. The number of hydrogen-bond acceptors (Lipinski definition) is 5. The molecule has 5 heteroatoms. The van der Waals surface area contributed by atoms with Crippen molar-refractivity contribution in [3.05, 3.63) is 123 Å². The van der Waals surface area contributed by atoms with Crippen molar-refractivity contribution in [2.75, 3.05) is 0 Å². The third-order valence-corrected chi connectivity index (χ3v) is 7.53. The van der Waals surface area contributed by atoms with Crippen molar-refractivity contribution in [1.29, 1.82) is 0 Å². The monoisotopic (exact) mass is 500 g/mol. The van der Waals surface area contributed by atoms with Gasteiger partial charge in [0, 0.05) is 28.0 Å². The Bertz CT molecular complexity index is 1630. The highest BCUT2D eigenvalue weighted by Crippen LogP contribution is 2.41. The highest BCUT2D eigenvalue weighted by Gasteiger charge is 2.33. The summed E-state index contributed by atoms with van der Waals surface area (Å²) in [5.74, 6) is 0.246. The Labute approximate surface area is 224 Å². The molecule has 0 aromatic heterocycles. The number of rotatable bonds is 1. The Hall–Kier alpha value is -4.25. The first-order chi connectivity index (χ1) is 18.1. The molecule has 1 aromatic carbocycles. The maximum Gasteiger partial charge on any atom is 0.0986 e. The first kappa shape index (κ1) is 24.1. The van der Waals surface area contributed by atoms with Crippen LogP contribution in [0.3, 0.4) is 0 Å². The summed E-state index contributed by atoms with van der Waals surface area (Å²) in [5.41, 5.74) is 13.5. The molecular weight excluding hydrogens is 468 g/mol. The van der Waals surface area contributed by atoms with Crippen molar-refractivity contribution in [3.63, 3.8) is 0 Å². The summed E-state index contributed by atoms with van der Waals surface area (Å²) in [6.07, 6.45) is 17.2. The van der Waals surface area contributed by atoms with E-state index in [1.54, 1.807) is 6.92 Å². The van der Waals surface area contributed by atoms with Crippen LogP contribution in [0, 0.1) is 26.2 Å². The lowest BCUT2D eigenvalue weighted by molar-refractivity contribution is 0.412. The molecule has 5 aliphatic rings. The van der Waals surface area contributed by atoms with Crippen molar-refractivity contribution < 1.29 is 5.11 Å². The topological polar surface area (TPSA) is 69.3 Å². The summed E-state index contributed by atoms with van der Waals surface area (Å²) >= 11 is 0. The van der Waals surface area contributed by atoms with Gasteiger partial charge in [-0.25, -0.2) is 15.0 Å². The summed E-state index contributed by atoms with van der Waals surface area (Å²) in [7, 11) is 0. The fourth-order valence-electron chi connectivity index (χ4n) is 5.82. The van der Waals surface area contributed by atoms with Gasteiger partial charge in [0.2, 0.25) is 0 Å². The Morgan fingerprint density at radius 1 is 0.868 bits per heavy atom. The van der Waals surface area contributed by atoms with E-state index >= 15 is 0 Å². The molecular formula is C33H32N4O. The molecule has 0 atom stereocenters. The predicted octanol–water partition coefficient (Wildman–Crippen LogP) is 7.20. The van der Waals surface area contributed by atoms with Gasteiger partial charge in [-0.2, -0.15) is 0 Å². The number of aliphatic imine (C=N–C) groups is 3. The van der Waals surface area contributed by atoms with Gasteiger partial charge < -0.3 is 10.4 Å². The van der Waals surface area contributed by atoms with Crippen LogP contribution in [0.5, 0.6) is 0 Å². The van der Waals surface area contributed by atoms with Crippen molar-refractivity contribution in [1.82, 2.24) is 5.32 Å². The standard InChI is InChI=1S/C33H32N4O/c1-18-11-19(2)31(20(3)12-18)32-27-10-9-23(35-27)13-22-7-8-24(34-22)15-30-33(5,6)17-25(36-30)14-28-26(21(4)38)16-29(32)37-28/h7-16,36,38H,17H2,1-6H3. The Morgan fingerprint density at radius 3 is 2.32 bits per heavy atom.